The summed E-state index contributed by atoms with van der Waals surface area (Å²) in [5.41, 5.74) is 4.79. The van der Waals surface area contributed by atoms with Gasteiger partial charge in [0.25, 0.3) is 5.56 Å². The zero-order chi connectivity index (χ0) is 16.3. The van der Waals surface area contributed by atoms with Crippen LogP contribution in [0.15, 0.2) is 11.0 Å². The minimum Gasteiger partial charge on any atom is -0.381 e. The molecule has 21 heavy (non-hydrogen) atoms. The van der Waals surface area contributed by atoms with E-state index in [1.54, 1.807) is 0 Å². The van der Waals surface area contributed by atoms with E-state index < -0.39 is 23.8 Å². The third-order valence-corrected chi connectivity index (χ3v) is 3.72. The van der Waals surface area contributed by atoms with Gasteiger partial charge in [-0.1, -0.05) is 25.4 Å². The van der Waals surface area contributed by atoms with Crippen LogP contribution in [0.2, 0.25) is 5.02 Å². The van der Waals surface area contributed by atoms with Crippen LogP contribution in [0.3, 0.4) is 0 Å². The number of anilines is 1. The lowest BCUT2D eigenvalue weighted by molar-refractivity contribution is -0.143. The maximum atomic E-state index is 12.3. The summed E-state index contributed by atoms with van der Waals surface area (Å²) in [6.45, 7) is 2.71. The predicted octanol–water partition coefficient (Wildman–Crippen LogP) is 2.39. The van der Waals surface area contributed by atoms with Crippen molar-refractivity contribution in [1.29, 1.82) is 0 Å². The van der Waals surface area contributed by atoms with Crippen LogP contribution in [0.5, 0.6) is 0 Å². The molecule has 0 saturated carbocycles. The molecule has 1 heterocycles. The Hall–Kier alpha value is -1.28. The van der Waals surface area contributed by atoms with Crippen molar-refractivity contribution in [2.45, 2.75) is 44.9 Å². The number of aromatic nitrogens is 2. The summed E-state index contributed by atoms with van der Waals surface area (Å²) in [5, 5.41) is 6.02. The highest BCUT2D eigenvalue weighted by atomic mass is 35.5. The molecule has 0 aliphatic carbocycles. The van der Waals surface area contributed by atoms with E-state index in [0.29, 0.717) is 19.4 Å². The van der Waals surface area contributed by atoms with E-state index in [-0.39, 0.29) is 15.4 Å². The molecule has 3 N–H and O–H groups in total. The Balaban J connectivity index is 2.93. The molecule has 0 aliphatic heterocycles. The van der Waals surface area contributed by atoms with Crippen molar-refractivity contribution in [1.82, 2.24) is 9.78 Å². The van der Waals surface area contributed by atoms with Crippen LogP contribution in [0.1, 0.15) is 26.7 Å². The SMILES string of the molecule is CCC(N)(CC)CNc1cnn(CC(F)(F)F)c(=O)c1Cl. The van der Waals surface area contributed by atoms with E-state index in [9.17, 15) is 18.0 Å². The second-order valence-electron chi connectivity index (χ2n) is 4.87. The van der Waals surface area contributed by atoms with Crippen molar-refractivity contribution in [3.05, 3.63) is 21.6 Å². The third-order valence-electron chi connectivity index (χ3n) is 3.35. The maximum Gasteiger partial charge on any atom is 0.408 e. The molecule has 120 valence electrons. The lowest BCUT2D eigenvalue weighted by Gasteiger charge is -2.27. The highest BCUT2D eigenvalue weighted by molar-refractivity contribution is 6.32. The van der Waals surface area contributed by atoms with Gasteiger partial charge in [-0.25, -0.2) is 4.68 Å². The molecular formula is C12H18ClF3N4O. The minimum atomic E-state index is -4.54. The summed E-state index contributed by atoms with van der Waals surface area (Å²) >= 11 is 5.80. The zero-order valence-corrected chi connectivity index (χ0v) is 12.6. The molecule has 5 nitrogen and oxygen atoms in total. The van der Waals surface area contributed by atoms with Crippen LogP contribution in [-0.2, 0) is 6.54 Å². The van der Waals surface area contributed by atoms with Gasteiger partial charge in [0.1, 0.15) is 11.6 Å². The van der Waals surface area contributed by atoms with E-state index in [0.717, 1.165) is 6.20 Å². The predicted molar refractivity (Wildman–Crippen MR) is 75.6 cm³/mol. The quantitative estimate of drug-likeness (QED) is 0.842. The highest BCUT2D eigenvalue weighted by Crippen LogP contribution is 2.20. The molecule has 0 amide bonds. The summed E-state index contributed by atoms with van der Waals surface area (Å²) in [5.74, 6) is 0. The van der Waals surface area contributed by atoms with E-state index in [1.165, 1.54) is 0 Å². The van der Waals surface area contributed by atoms with Crippen molar-refractivity contribution in [3.8, 4) is 0 Å². The summed E-state index contributed by atoms with van der Waals surface area (Å²) < 4.78 is 37.1. The van der Waals surface area contributed by atoms with Crippen molar-refractivity contribution < 1.29 is 13.2 Å². The number of hydrogen-bond acceptors (Lipinski definition) is 4. The molecule has 0 bridgehead atoms. The second-order valence-corrected chi connectivity index (χ2v) is 5.25. The van der Waals surface area contributed by atoms with Gasteiger partial charge in [-0.15, -0.1) is 0 Å². The molecule has 0 aliphatic rings. The Kier molecular flexibility index (Phi) is 5.63. The van der Waals surface area contributed by atoms with Gasteiger partial charge in [-0.3, -0.25) is 4.79 Å². The largest absolute Gasteiger partial charge is 0.408 e. The first-order valence-corrected chi connectivity index (χ1v) is 6.85. The molecule has 0 saturated heterocycles. The van der Waals surface area contributed by atoms with Gasteiger partial charge >= 0.3 is 6.18 Å². The van der Waals surface area contributed by atoms with Crippen LogP contribution in [0.4, 0.5) is 18.9 Å². The van der Waals surface area contributed by atoms with E-state index in [4.69, 9.17) is 17.3 Å². The van der Waals surface area contributed by atoms with E-state index in [2.05, 4.69) is 10.4 Å². The maximum absolute atomic E-state index is 12.3. The third kappa shape index (κ3) is 4.89. The number of nitrogens with zero attached hydrogens (tertiary/aromatic N) is 2. The fraction of sp³-hybridized carbons (Fsp3) is 0.667. The molecule has 0 aromatic carbocycles. The Morgan fingerprint density at radius 3 is 2.43 bits per heavy atom. The van der Waals surface area contributed by atoms with E-state index in [1.807, 2.05) is 13.8 Å². The summed E-state index contributed by atoms with van der Waals surface area (Å²) in [4.78, 5) is 11.7. The van der Waals surface area contributed by atoms with Crippen LogP contribution in [0, 0.1) is 0 Å². The number of halogens is 4. The van der Waals surface area contributed by atoms with Crippen molar-refractivity contribution >= 4 is 17.3 Å². The number of alkyl halides is 3. The van der Waals surface area contributed by atoms with Crippen LogP contribution in [0.25, 0.3) is 0 Å². The number of rotatable bonds is 6. The number of nitrogens with two attached hydrogens (primary N) is 1. The second kappa shape index (κ2) is 6.65. The van der Waals surface area contributed by atoms with Crippen LogP contribution >= 0.6 is 11.6 Å². The standard InChI is InChI=1S/C12H18ClF3N4O/c1-3-11(17,4-2)6-18-8-5-19-20(7-12(14,15)16)10(21)9(8)13/h5,18H,3-4,6-7,17H2,1-2H3. The monoisotopic (exact) mass is 326 g/mol. The Labute approximate surface area is 125 Å². The normalized spacial score (nSPS) is 12.5. The van der Waals surface area contributed by atoms with Crippen molar-refractivity contribution in [2.24, 2.45) is 5.73 Å². The summed E-state index contributed by atoms with van der Waals surface area (Å²) in [6.07, 6.45) is -2.04. The van der Waals surface area contributed by atoms with Gasteiger partial charge in [-0.2, -0.15) is 18.3 Å². The molecule has 1 aromatic rings. The molecule has 1 rings (SSSR count). The van der Waals surface area contributed by atoms with E-state index >= 15 is 0 Å². The summed E-state index contributed by atoms with van der Waals surface area (Å²) in [7, 11) is 0. The minimum absolute atomic E-state index is 0.178. The number of nitrogens with one attached hydrogen (secondary N) is 1. The van der Waals surface area contributed by atoms with Gasteiger partial charge < -0.3 is 11.1 Å². The lowest BCUT2D eigenvalue weighted by atomic mass is 9.94. The molecule has 0 unspecified atom stereocenters. The fourth-order valence-electron chi connectivity index (χ4n) is 1.64. The summed E-state index contributed by atoms with van der Waals surface area (Å²) in [6, 6.07) is 0. The van der Waals surface area contributed by atoms with Crippen LogP contribution in [-0.4, -0.2) is 28.0 Å². The van der Waals surface area contributed by atoms with Crippen molar-refractivity contribution in [3.63, 3.8) is 0 Å². The first-order valence-electron chi connectivity index (χ1n) is 6.47. The van der Waals surface area contributed by atoms with Crippen molar-refractivity contribution in [2.75, 3.05) is 11.9 Å². The Morgan fingerprint density at radius 2 is 1.95 bits per heavy atom. The molecule has 0 radical (unpaired) electrons. The average molecular weight is 327 g/mol. The lowest BCUT2D eigenvalue weighted by Crippen LogP contribution is -2.45. The fourth-order valence-corrected chi connectivity index (χ4v) is 1.86. The van der Waals surface area contributed by atoms with Gasteiger partial charge in [0.05, 0.1) is 11.9 Å². The molecule has 0 spiro atoms. The van der Waals surface area contributed by atoms with Gasteiger partial charge in [0, 0.05) is 12.1 Å². The Morgan fingerprint density at radius 1 is 1.38 bits per heavy atom. The number of hydrogen-bond donors (Lipinski definition) is 2. The van der Waals surface area contributed by atoms with Gasteiger partial charge in [-0.05, 0) is 12.8 Å². The molecular weight excluding hydrogens is 309 g/mol. The highest BCUT2D eigenvalue weighted by Gasteiger charge is 2.30. The zero-order valence-electron chi connectivity index (χ0n) is 11.8. The molecule has 0 atom stereocenters. The topological polar surface area (TPSA) is 72.9 Å². The first kappa shape index (κ1) is 17.8. The van der Waals surface area contributed by atoms with Crippen LogP contribution < -0.4 is 16.6 Å². The van der Waals surface area contributed by atoms with Gasteiger partial charge in [0.15, 0.2) is 0 Å². The molecule has 9 heteroatoms. The average Bonchev–Trinajstić information content (AvgIpc) is 2.41. The smallest absolute Gasteiger partial charge is 0.381 e. The Bertz CT molecular complexity index is 540. The van der Waals surface area contributed by atoms with Gasteiger partial charge in [0.2, 0.25) is 0 Å². The first-order chi connectivity index (χ1) is 9.62. The molecule has 0 fully saturated rings. The molecule has 1 aromatic heterocycles.